The van der Waals surface area contributed by atoms with Crippen molar-refractivity contribution in [2.45, 2.75) is 58.8 Å². The van der Waals surface area contributed by atoms with E-state index in [4.69, 9.17) is 4.74 Å². The SMILES string of the molecule is CC(C)(O)C#Cc1ccc(COC(=O)N2CCN(Cc3ccc(C(C)(C)C)cc3)CC2)cc1. The standard InChI is InChI=1S/C28H36N2O3/c1-27(2,3)25-12-10-23(11-13-25)20-29-16-18-30(19-17-29)26(31)33-21-24-8-6-22(7-9-24)14-15-28(4,5)32/h6-13,32H,16-21H2,1-5H3. The van der Waals surface area contributed by atoms with Crippen LogP contribution in [0.2, 0.25) is 0 Å². The summed E-state index contributed by atoms with van der Waals surface area (Å²) in [5.74, 6) is 5.73. The molecule has 176 valence electrons. The van der Waals surface area contributed by atoms with E-state index >= 15 is 0 Å². The minimum absolute atomic E-state index is 0.164. The minimum Gasteiger partial charge on any atom is -0.445 e. The molecule has 1 fully saturated rings. The van der Waals surface area contributed by atoms with Crippen LogP contribution in [0.5, 0.6) is 0 Å². The smallest absolute Gasteiger partial charge is 0.410 e. The molecule has 0 radical (unpaired) electrons. The number of amides is 1. The normalized spacial score (nSPS) is 15.0. The molecule has 3 rings (SSSR count). The fourth-order valence-electron chi connectivity index (χ4n) is 3.60. The van der Waals surface area contributed by atoms with Crippen LogP contribution in [0.1, 0.15) is 56.9 Å². The molecule has 33 heavy (non-hydrogen) atoms. The number of piperazine rings is 1. The summed E-state index contributed by atoms with van der Waals surface area (Å²) in [6.45, 7) is 14.1. The maximum absolute atomic E-state index is 12.5. The fourth-order valence-corrected chi connectivity index (χ4v) is 3.60. The van der Waals surface area contributed by atoms with Crippen molar-refractivity contribution < 1.29 is 14.6 Å². The van der Waals surface area contributed by atoms with Gasteiger partial charge < -0.3 is 14.7 Å². The molecule has 0 atom stereocenters. The monoisotopic (exact) mass is 448 g/mol. The number of benzene rings is 2. The highest BCUT2D eigenvalue weighted by Gasteiger charge is 2.22. The highest BCUT2D eigenvalue weighted by molar-refractivity contribution is 5.67. The third-order valence-electron chi connectivity index (χ3n) is 5.69. The quantitative estimate of drug-likeness (QED) is 0.697. The lowest BCUT2D eigenvalue weighted by atomic mass is 9.87. The molecule has 0 aliphatic carbocycles. The van der Waals surface area contributed by atoms with Crippen molar-refractivity contribution in [3.63, 3.8) is 0 Å². The number of hydrogen-bond donors (Lipinski definition) is 1. The molecule has 0 aromatic heterocycles. The summed E-state index contributed by atoms with van der Waals surface area (Å²) in [5, 5.41) is 9.69. The first-order chi connectivity index (χ1) is 15.5. The number of rotatable bonds is 4. The Morgan fingerprint density at radius 3 is 2.03 bits per heavy atom. The van der Waals surface area contributed by atoms with E-state index in [0.717, 1.165) is 30.8 Å². The van der Waals surface area contributed by atoms with Crippen LogP contribution < -0.4 is 0 Å². The van der Waals surface area contributed by atoms with Gasteiger partial charge in [0.2, 0.25) is 0 Å². The Balaban J connectivity index is 1.42. The molecule has 5 nitrogen and oxygen atoms in total. The predicted molar refractivity (Wildman–Crippen MR) is 132 cm³/mol. The molecular weight excluding hydrogens is 412 g/mol. The third-order valence-corrected chi connectivity index (χ3v) is 5.69. The first-order valence-corrected chi connectivity index (χ1v) is 11.6. The number of nitrogens with zero attached hydrogens (tertiary/aromatic N) is 2. The Morgan fingerprint density at radius 1 is 0.909 bits per heavy atom. The van der Waals surface area contributed by atoms with Gasteiger partial charge >= 0.3 is 6.09 Å². The van der Waals surface area contributed by atoms with Crippen LogP contribution in [0.15, 0.2) is 48.5 Å². The van der Waals surface area contributed by atoms with Crippen LogP contribution in [-0.2, 0) is 23.3 Å². The van der Waals surface area contributed by atoms with Crippen molar-refractivity contribution in [3.05, 3.63) is 70.8 Å². The van der Waals surface area contributed by atoms with Gasteiger partial charge in [-0.2, -0.15) is 0 Å². The zero-order chi connectivity index (χ0) is 24.1. The lowest BCUT2D eigenvalue weighted by molar-refractivity contribution is 0.0700. The van der Waals surface area contributed by atoms with Crippen molar-refractivity contribution in [3.8, 4) is 11.8 Å². The number of hydrogen-bond acceptors (Lipinski definition) is 4. The van der Waals surface area contributed by atoms with E-state index in [1.807, 2.05) is 24.3 Å². The van der Waals surface area contributed by atoms with Crippen molar-refractivity contribution >= 4 is 6.09 Å². The molecular formula is C28H36N2O3. The van der Waals surface area contributed by atoms with Gasteiger partial charge in [0.05, 0.1) is 0 Å². The van der Waals surface area contributed by atoms with Gasteiger partial charge in [-0.3, -0.25) is 4.90 Å². The third kappa shape index (κ3) is 7.92. The van der Waals surface area contributed by atoms with E-state index in [1.165, 1.54) is 11.1 Å². The molecule has 0 bridgehead atoms. The van der Waals surface area contributed by atoms with Crippen LogP contribution in [0.4, 0.5) is 4.79 Å². The molecule has 0 unspecified atom stereocenters. The van der Waals surface area contributed by atoms with Crippen molar-refractivity contribution in [1.82, 2.24) is 9.80 Å². The van der Waals surface area contributed by atoms with Gasteiger partial charge in [0.1, 0.15) is 12.2 Å². The van der Waals surface area contributed by atoms with Gasteiger partial charge in [0.25, 0.3) is 0 Å². The first-order valence-electron chi connectivity index (χ1n) is 11.6. The zero-order valence-corrected chi connectivity index (χ0v) is 20.5. The van der Waals surface area contributed by atoms with Crippen LogP contribution in [-0.4, -0.2) is 52.8 Å². The Kier molecular flexibility index (Phi) is 7.84. The van der Waals surface area contributed by atoms with Gasteiger partial charge in [0.15, 0.2) is 0 Å². The van der Waals surface area contributed by atoms with E-state index in [2.05, 4.69) is 61.8 Å². The van der Waals surface area contributed by atoms with Gasteiger partial charge in [-0.15, -0.1) is 0 Å². The van der Waals surface area contributed by atoms with E-state index in [1.54, 1.807) is 18.7 Å². The van der Waals surface area contributed by atoms with Crippen molar-refractivity contribution in [2.75, 3.05) is 26.2 Å². The van der Waals surface area contributed by atoms with E-state index in [9.17, 15) is 9.90 Å². The number of aliphatic hydroxyl groups is 1. The summed E-state index contributed by atoms with van der Waals surface area (Å²) in [4.78, 5) is 16.6. The van der Waals surface area contributed by atoms with Gasteiger partial charge in [-0.1, -0.05) is 69.0 Å². The zero-order valence-electron chi connectivity index (χ0n) is 20.5. The minimum atomic E-state index is -1.02. The average Bonchev–Trinajstić information content (AvgIpc) is 2.76. The fraction of sp³-hybridized carbons (Fsp3) is 0.464. The second-order valence-corrected chi connectivity index (χ2v) is 10.3. The Labute approximate surface area is 198 Å². The Morgan fingerprint density at radius 2 is 1.48 bits per heavy atom. The summed E-state index contributed by atoms with van der Waals surface area (Å²) >= 11 is 0. The summed E-state index contributed by atoms with van der Waals surface area (Å²) < 4.78 is 5.51. The van der Waals surface area contributed by atoms with Crippen LogP contribution in [0.3, 0.4) is 0 Å². The highest BCUT2D eigenvalue weighted by atomic mass is 16.6. The summed E-state index contributed by atoms with van der Waals surface area (Å²) in [6, 6.07) is 16.4. The lowest BCUT2D eigenvalue weighted by Gasteiger charge is -2.34. The summed E-state index contributed by atoms with van der Waals surface area (Å²) in [7, 11) is 0. The Hall–Kier alpha value is -2.81. The topological polar surface area (TPSA) is 53.0 Å². The lowest BCUT2D eigenvalue weighted by Crippen LogP contribution is -2.48. The van der Waals surface area contributed by atoms with Crippen LogP contribution >= 0.6 is 0 Å². The second-order valence-electron chi connectivity index (χ2n) is 10.3. The molecule has 1 N–H and O–H groups in total. The van der Waals surface area contributed by atoms with E-state index in [0.29, 0.717) is 13.1 Å². The number of ether oxygens (including phenoxy) is 1. The molecule has 2 aromatic rings. The van der Waals surface area contributed by atoms with E-state index in [-0.39, 0.29) is 18.1 Å². The summed E-state index contributed by atoms with van der Waals surface area (Å²) in [6.07, 6.45) is -0.268. The van der Waals surface area contributed by atoms with Crippen molar-refractivity contribution in [1.29, 1.82) is 0 Å². The van der Waals surface area contributed by atoms with Crippen LogP contribution in [0.25, 0.3) is 0 Å². The van der Waals surface area contributed by atoms with E-state index < -0.39 is 5.60 Å². The molecule has 1 aliphatic heterocycles. The largest absolute Gasteiger partial charge is 0.445 e. The van der Waals surface area contributed by atoms with Gasteiger partial charge in [-0.25, -0.2) is 4.79 Å². The predicted octanol–water partition coefficient (Wildman–Crippen LogP) is 4.56. The maximum Gasteiger partial charge on any atom is 0.410 e. The van der Waals surface area contributed by atoms with Crippen LogP contribution in [0, 0.1) is 11.8 Å². The average molecular weight is 449 g/mol. The van der Waals surface area contributed by atoms with Gasteiger partial charge in [0, 0.05) is 38.3 Å². The first kappa shape index (κ1) is 24.8. The Bertz CT molecular complexity index is 979. The molecule has 1 aliphatic rings. The number of carbonyl (C=O) groups is 1. The number of carbonyl (C=O) groups excluding carboxylic acids is 1. The molecule has 1 heterocycles. The molecule has 5 heteroatoms. The molecule has 0 saturated carbocycles. The summed E-state index contributed by atoms with van der Waals surface area (Å²) in [5.41, 5.74) is 3.52. The maximum atomic E-state index is 12.5. The highest BCUT2D eigenvalue weighted by Crippen LogP contribution is 2.22. The second kappa shape index (κ2) is 10.4. The molecule has 1 saturated heterocycles. The molecule has 0 spiro atoms. The van der Waals surface area contributed by atoms with Gasteiger partial charge in [-0.05, 0) is 48.1 Å². The molecule has 1 amide bonds. The molecule has 2 aromatic carbocycles. The van der Waals surface area contributed by atoms with Crippen molar-refractivity contribution in [2.24, 2.45) is 0 Å².